The molecule has 1 fully saturated rings. The number of aromatic amines is 1. The Labute approximate surface area is 378 Å². The topological polar surface area (TPSA) is 192 Å². The van der Waals surface area contributed by atoms with Crippen LogP contribution in [-0.2, 0) is 36.0 Å². The second-order valence-electron chi connectivity index (χ2n) is 20.1. The maximum Gasteiger partial charge on any atom is 0.426 e. The SMILES string of the molecule is Cc1cc(C)c(CNC(=O)c2c(C)c(C(C)c3cc(O)c4c5c3C[C@@H]3[C@@H]6C=C[C@H](O)[C@H](O4)[C@]56CCN3C)cc3c2NC(c2cc(C#N)c4c(c2)CCN4NC(=O)OC(C)(C)C)C3)c(=O)[nH]1. The molecule has 2 unspecified atom stereocenters. The number of nitrogens with one attached hydrogen (secondary N) is 4. The number of likely N-dealkylation sites (N-methyl/N-ethyl adjacent to an activating group) is 1. The van der Waals surface area contributed by atoms with Crippen LogP contribution in [0.15, 0.2) is 47.3 Å². The van der Waals surface area contributed by atoms with E-state index in [9.17, 15) is 29.9 Å². The summed E-state index contributed by atoms with van der Waals surface area (Å²) in [5.41, 5.74) is 13.2. The van der Waals surface area contributed by atoms with Gasteiger partial charge in [-0.2, -0.15) is 5.26 Å². The summed E-state index contributed by atoms with van der Waals surface area (Å²) in [4.78, 5) is 45.9. The van der Waals surface area contributed by atoms with Crippen molar-refractivity contribution in [1.29, 1.82) is 5.26 Å². The first-order valence-corrected chi connectivity index (χ1v) is 22.8. The predicted molar refractivity (Wildman–Crippen MR) is 246 cm³/mol. The number of carbonyl (C=O) groups excluding carboxylic acids is 2. The Bertz CT molecular complexity index is 2850. The molecule has 0 saturated carbocycles. The van der Waals surface area contributed by atoms with Crippen LogP contribution in [0, 0.1) is 38.0 Å². The molecular weight excluding hydrogens is 823 g/mol. The van der Waals surface area contributed by atoms with Crippen LogP contribution in [0.4, 0.5) is 16.2 Å². The summed E-state index contributed by atoms with van der Waals surface area (Å²) < 4.78 is 12.1. The van der Waals surface area contributed by atoms with E-state index < -0.39 is 29.3 Å². The number of benzene rings is 3. The summed E-state index contributed by atoms with van der Waals surface area (Å²) in [7, 11) is 2.17. The molecular formula is C51H57N7O7. The number of phenolic OH excluding ortho intramolecular Hbond substituents is 1. The molecule has 7 atom stereocenters. The number of H-pyrrole nitrogens is 1. The summed E-state index contributed by atoms with van der Waals surface area (Å²) in [5, 5.41) is 42.0. The summed E-state index contributed by atoms with van der Waals surface area (Å²) in [6.45, 7) is 14.5. The highest BCUT2D eigenvalue weighted by atomic mass is 16.6. The number of hydrogen-bond donors (Lipinski definition) is 6. The molecule has 6 aliphatic rings. The Kier molecular flexibility index (Phi) is 9.93. The van der Waals surface area contributed by atoms with Crippen molar-refractivity contribution in [2.45, 2.75) is 122 Å². The normalized spacial score (nSPS) is 24.9. The second kappa shape index (κ2) is 15.1. The highest BCUT2D eigenvalue weighted by Crippen LogP contribution is 2.63. The molecule has 3 aromatic carbocycles. The number of pyridine rings is 1. The lowest BCUT2D eigenvalue weighted by Gasteiger charge is -2.56. The average molecular weight is 880 g/mol. The number of hydrogen-bond acceptors (Lipinski definition) is 11. The van der Waals surface area contributed by atoms with Gasteiger partial charge in [-0.1, -0.05) is 31.2 Å². The first kappa shape index (κ1) is 42.6. The molecule has 4 aromatic rings. The molecule has 338 valence electrons. The molecule has 1 saturated heterocycles. The second-order valence-corrected chi connectivity index (χ2v) is 20.1. The lowest BCUT2D eigenvalue weighted by atomic mass is 9.52. The number of piperidine rings is 1. The van der Waals surface area contributed by atoms with E-state index in [-0.39, 0.29) is 47.7 Å². The van der Waals surface area contributed by atoms with Gasteiger partial charge in [0.25, 0.3) is 11.5 Å². The molecule has 1 spiro atoms. The molecule has 2 amide bonds. The summed E-state index contributed by atoms with van der Waals surface area (Å²) in [6, 6.07) is 12.1. The smallest absolute Gasteiger partial charge is 0.426 e. The first-order valence-electron chi connectivity index (χ1n) is 22.8. The highest BCUT2D eigenvalue weighted by Gasteiger charge is 2.64. The van der Waals surface area contributed by atoms with Crippen LogP contribution in [0.25, 0.3) is 0 Å². The summed E-state index contributed by atoms with van der Waals surface area (Å²) >= 11 is 0. The van der Waals surface area contributed by atoms with E-state index in [1.807, 2.05) is 45.0 Å². The molecule has 14 heteroatoms. The van der Waals surface area contributed by atoms with Gasteiger partial charge in [0.05, 0.1) is 28.5 Å². The fourth-order valence-electron chi connectivity index (χ4n) is 12.2. The fraction of sp³-hybridized carbons (Fsp3) is 0.451. The zero-order valence-electron chi connectivity index (χ0n) is 38.2. The molecule has 2 bridgehead atoms. The minimum Gasteiger partial charge on any atom is -0.504 e. The molecule has 65 heavy (non-hydrogen) atoms. The minimum absolute atomic E-state index is 0.0321. The summed E-state index contributed by atoms with van der Waals surface area (Å²) in [5.74, 6) is 0.0642. The van der Waals surface area contributed by atoms with Crippen LogP contribution in [0.1, 0.15) is 123 Å². The fourth-order valence-corrected chi connectivity index (χ4v) is 12.2. The van der Waals surface area contributed by atoms with Crippen LogP contribution in [0.5, 0.6) is 11.5 Å². The number of aromatic hydroxyl groups is 1. The monoisotopic (exact) mass is 879 g/mol. The molecule has 2 aliphatic carbocycles. The van der Waals surface area contributed by atoms with E-state index in [2.05, 4.69) is 64.2 Å². The van der Waals surface area contributed by atoms with Gasteiger partial charge in [-0.05, 0) is 144 Å². The number of amides is 2. The number of hydrazine groups is 1. The Morgan fingerprint density at radius 3 is 2.60 bits per heavy atom. The Morgan fingerprint density at radius 1 is 1.08 bits per heavy atom. The van der Waals surface area contributed by atoms with E-state index in [0.717, 1.165) is 75.2 Å². The minimum atomic E-state index is -0.795. The number of nitrogens with zero attached hydrogens (tertiary/aromatic N) is 3. The number of phenols is 1. The first-order chi connectivity index (χ1) is 30.9. The van der Waals surface area contributed by atoms with Crippen molar-refractivity contribution in [3.63, 3.8) is 0 Å². The van der Waals surface area contributed by atoms with Crippen molar-refractivity contribution in [2.24, 2.45) is 5.92 Å². The summed E-state index contributed by atoms with van der Waals surface area (Å²) in [6.07, 6.45) is 4.81. The van der Waals surface area contributed by atoms with Gasteiger partial charge in [0, 0.05) is 53.2 Å². The number of anilines is 2. The average Bonchev–Trinajstić information content (AvgIpc) is 3.95. The van der Waals surface area contributed by atoms with E-state index in [1.165, 1.54) is 0 Å². The number of fused-ring (bicyclic) bond motifs is 2. The third-order valence-electron chi connectivity index (χ3n) is 15.1. The molecule has 4 aliphatic heterocycles. The van der Waals surface area contributed by atoms with Gasteiger partial charge >= 0.3 is 6.09 Å². The van der Waals surface area contributed by atoms with Crippen molar-refractivity contribution >= 4 is 23.4 Å². The number of nitriles is 1. The largest absolute Gasteiger partial charge is 0.504 e. The van der Waals surface area contributed by atoms with Gasteiger partial charge in [-0.15, -0.1) is 0 Å². The third kappa shape index (κ3) is 6.68. The maximum atomic E-state index is 14.8. The molecule has 0 radical (unpaired) electrons. The molecule has 10 rings (SSSR count). The standard InChI is InChI=1S/C51H57N7O7/c1-24-15-25(2)54-47(61)35(24)23-53-48(62)41-27(4)32(26(3)33-21-40(60)45-42-34(33)20-38-36-9-10-39(59)46(64-45)51(36,42)12-14-57(38)8)18-30-19-37(55-43(30)41)29-16-28-11-13-58(44(28)31(17-29)22-52)56-49(63)65-50(5,6)7/h9-10,15-18,21,26,36-39,46,55,59-60H,11-14,19-20,23H2,1-8H3,(H,53,62)(H,54,61)(H,56,63)/t26?,36-,37?,38+,39-,46-,51-/m0/s1. The molecule has 14 nitrogen and oxygen atoms in total. The Morgan fingerprint density at radius 2 is 1.86 bits per heavy atom. The van der Waals surface area contributed by atoms with Crippen LogP contribution in [-0.4, -0.2) is 76.1 Å². The van der Waals surface area contributed by atoms with Gasteiger partial charge in [-0.25, -0.2) is 10.2 Å². The van der Waals surface area contributed by atoms with Crippen molar-refractivity contribution in [1.82, 2.24) is 20.6 Å². The van der Waals surface area contributed by atoms with Gasteiger partial charge in [0.1, 0.15) is 23.9 Å². The Hall–Kier alpha value is -6.30. The highest BCUT2D eigenvalue weighted by molar-refractivity contribution is 6.03. The number of aryl methyl sites for hydroxylation is 2. The number of likely N-dealkylation sites (tertiary alicyclic amines) is 1. The van der Waals surface area contributed by atoms with Crippen LogP contribution in [0.2, 0.25) is 0 Å². The van der Waals surface area contributed by atoms with E-state index in [1.54, 1.807) is 25.8 Å². The third-order valence-corrected chi connectivity index (χ3v) is 15.1. The lowest BCUT2D eigenvalue weighted by Crippen LogP contribution is -2.64. The number of aliphatic hydroxyl groups excluding tert-OH is 1. The van der Waals surface area contributed by atoms with Crippen molar-refractivity contribution in [2.75, 3.05) is 30.5 Å². The number of aromatic nitrogens is 1. The van der Waals surface area contributed by atoms with Crippen molar-refractivity contribution in [3.05, 3.63) is 125 Å². The zero-order valence-corrected chi connectivity index (χ0v) is 38.2. The van der Waals surface area contributed by atoms with Gasteiger partial charge in [0.2, 0.25) is 0 Å². The molecule has 6 N–H and O–H groups in total. The van der Waals surface area contributed by atoms with E-state index >= 15 is 0 Å². The number of aliphatic hydroxyl groups is 1. The molecule has 5 heterocycles. The number of carbonyl (C=O) groups is 2. The maximum absolute atomic E-state index is 14.8. The van der Waals surface area contributed by atoms with E-state index in [0.29, 0.717) is 53.2 Å². The van der Waals surface area contributed by atoms with Crippen molar-refractivity contribution < 1.29 is 29.3 Å². The quantitative estimate of drug-likeness (QED) is 0.115. The van der Waals surface area contributed by atoms with Crippen molar-refractivity contribution in [3.8, 4) is 17.6 Å². The van der Waals surface area contributed by atoms with Crippen LogP contribution < -0.4 is 31.4 Å². The predicted octanol–water partition coefficient (Wildman–Crippen LogP) is 6.28. The zero-order chi connectivity index (χ0) is 46.0. The number of ether oxygens (including phenoxy) is 2. The Balaban J connectivity index is 1.05. The van der Waals surface area contributed by atoms with Crippen LogP contribution >= 0.6 is 0 Å². The van der Waals surface area contributed by atoms with Gasteiger partial charge in [-0.3, -0.25) is 14.6 Å². The molecule has 1 aromatic heterocycles. The number of rotatable bonds is 7. The van der Waals surface area contributed by atoms with Crippen LogP contribution in [0.3, 0.4) is 0 Å². The lowest BCUT2D eigenvalue weighted by molar-refractivity contribution is -0.0454. The van der Waals surface area contributed by atoms with E-state index in [4.69, 9.17) is 9.47 Å². The van der Waals surface area contributed by atoms with Gasteiger partial charge in [0.15, 0.2) is 11.5 Å². The van der Waals surface area contributed by atoms with Gasteiger partial charge < -0.3 is 40.2 Å².